The smallest absolute Gasteiger partial charge is 0.197 e. The van der Waals surface area contributed by atoms with Crippen LogP contribution in [0.1, 0.15) is 11.1 Å². The van der Waals surface area contributed by atoms with E-state index in [0.29, 0.717) is 0 Å². The summed E-state index contributed by atoms with van der Waals surface area (Å²) in [4.78, 5) is 3.11. The predicted octanol–water partition coefficient (Wildman–Crippen LogP) is 5.89. The average molecular weight is 600 g/mol. The minimum Gasteiger partial charge on any atom is -0.290 e. The van der Waals surface area contributed by atoms with Crippen LogP contribution in [0.4, 0.5) is 43.9 Å². The fraction of sp³-hybridized carbons (Fsp3) is 0. The molecule has 0 unspecified atom stereocenters. The Labute approximate surface area is 167 Å². The molecule has 0 saturated carbocycles. The van der Waals surface area contributed by atoms with Crippen LogP contribution in [-0.2, 0) is 20.1 Å². The van der Waals surface area contributed by atoms with Gasteiger partial charge in [0.25, 0.3) is 0 Å². The van der Waals surface area contributed by atoms with Crippen LogP contribution in [0.25, 0.3) is 33.8 Å². The molecule has 1 nitrogen and oxygen atoms in total. The summed E-state index contributed by atoms with van der Waals surface area (Å²) in [5, 5.41) is -1.14. The monoisotopic (exact) mass is 601 g/mol. The van der Waals surface area contributed by atoms with Crippen LogP contribution in [0.2, 0.25) is 0 Å². The van der Waals surface area contributed by atoms with Gasteiger partial charge in [-0.05, 0) is 0 Å². The van der Waals surface area contributed by atoms with E-state index >= 15 is 0 Å². The van der Waals surface area contributed by atoms with E-state index in [2.05, 4.69) is 4.98 Å². The molecule has 1 aromatic heterocycles. The van der Waals surface area contributed by atoms with Crippen molar-refractivity contribution in [3.63, 3.8) is 0 Å². The van der Waals surface area contributed by atoms with Crippen LogP contribution < -0.4 is 0 Å². The largest absolute Gasteiger partial charge is 0.290 e. The van der Waals surface area contributed by atoms with Crippen LogP contribution >= 0.6 is 0 Å². The summed E-state index contributed by atoms with van der Waals surface area (Å²) in [6, 6.07) is 1.26. The maximum Gasteiger partial charge on any atom is 0.197 e. The predicted molar refractivity (Wildman–Crippen MR) is 74.7 cm³/mol. The molecule has 3 aromatic rings. The van der Waals surface area contributed by atoms with Crippen LogP contribution in [-0.4, -0.2) is 4.98 Å². The Balaban J connectivity index is 0.00000240. The van der Waals surface area contributed by atoms with Crippen LogP contribution in [0.5, 0.6) is 0 Å². The van der Waals surface area contributed by atoms with Gasteiger partial charge in [-0.15, -0.1) is 0 Å². The molecule has 153 valence electrons. The number of benzene rings is 2. The van der Waals surface area contributed by atoms with Gasteiger partial charge in [-0.25, -0.2) is 35.1 Å². The molecular formula is C17F10IrN-. The molecule has 1 heterocycles. The van der Waals surface area contributed by atoms with E-state index in [9.17, 15) is 43.9 Å². The van der Waals surface area contributed by atoms with Gasteiger partial charge in [-0.3, -0.25) is 13.8 Å². The molecule has 4 rings (SSSR count). The van der Waals surface area contributed by atoms with Crippen molar-refractivity contribution in [2.75, 3.05) is 0 Å². The molecule has 0 amide bonds. The van der Waals surface area contributed by atoms with Crippen LogP contribution in [0, 0.1) is 52.6 Å². The number of hydrogen-bond acceptors (Lipinski definition) is 1. The molecule has 1 aliphatic carbocycles. The number of aromatic nitrogens is 1. The van der Waals surface area contributed by atoms with Crippen molar-refractivity contribution in [2.45, 2.75) is 0 Å². The summed E-state index contributed by atoms with van der Waals surface area (Å²) in [6.45, 7) is 0. The van der Waals surface area contributed by atoms with Gasteiger partial charge in [0.1, 0.15) is 23.0 Å². The normalized spacial score (nSPS) is 12.8. The average Bonchev–Trinajstić information content (AvgIpc) is 2.93. The van der Waals surface area contributed by atoms with E-state index < -0.39 is 91.5 Å². The first-order valence-electron chi connectivity index (χ1n) is 7.09. The minimum atomic E-state index is -2.42. The Hall–Kier alpha value is -2.46. The van der Waals surface area contributed by atoms with Crippen molar-refractivity contribution < 1.29 is 64.0 Å². The van der Waals surface area contributed by atoms with Crippen molar-refractivity contribution in [1.82, 2.24) is 4.98 Å². The Morgan fingerprint density at radius 2 is 1.07 bits per heavy atom. The maximum absolute atomic E-state index is 14.7. The van der Waals surface area contributed by atoms with Crippen molar-refractivity contribution in [2.24, 2.45) is 0 Å². The Kier molecular flexibility index (Phi) is 4.99. The summed E-state index contributed by atoms with van der Waals surface area (Å²) in [6.07, 6.45) is 0. The molecule has 0 bridgehead atoms. The second-order valence-electron chi connectivity index (χ2n) is 5.57. The third-order valence-electron chi connectivity index (χ3n) is 4.10. The zero-order valence-electron chi connectivity index (χ0n) is 13.1. The number of pyridine rings is 1. The van der Waals surface area contributed by atoms with E-state index in [4.69, 9.17) is 0 Å². The van der Waals surface area contributed by atoms with Crippen molar-refractivity contribution in [1.29, 1.82) is 0 Å². The summed E-state index contributed by atoms with van der Waals surface area (Å²) in [5.41, 5.74) is -7.35. The zero-order chi connectivity index (χ0) is 20.7. The first kappa shape index (κ1) is 21.3. The van der Waals surface area contributed by atoms with E-state index in [1.165, 1.54) is 6.07 Å². The SMILES string of the molecule is FC1=C(F)c2c(F)c(F)c(F)c3nc(-c4[c-]c(F)c(F)c(F)c4F)c(F)c1c23.[Ir]. The second-order valence-corrected chi connectivity index (χ2v) is 5.57. The van der Waals surface area contributed by atoms with E-state index in [-0.39, 0.29) is 20.1 Å². The summed E-state index contributed by atoms with van der Waals surface area (Å²) in [5.74, 6) is -21.9. The van der Waals surface area contributed by atoms with Gasteiger partial charge in [0.15, 0.2) is 29.1 Å². The minimum absolute atomic E-state index is 0. The van der Waals surface area contributed by atoms with Gasteiger partial charge < -0.3 is 0 Å². The second kappa shape index (κ2) is 6.81. The van der Waals surface area contributed by atoms with Gasteiger partial charge in [0.05, 0.1) is 22.8 Å². The van der Waals surface area contributed by atoms with Gasteiger partial charge in [-0.1, -0.05) is 11.6 Å². The van der Waals surface area contributed by atoms with Crippen LogP contribution in [0.15, 0.2) is 0 Å². The summed E-state index contributed by atoms with van der Waals surface area (Å²) >= 11 is 0. The molecule has 1 radical (unpaired) electrons. The van der Waals surface area contributed by atoms with E-state index in [0.717, 1.165) is 0 Å². The Bertz CT molecular complexity index is 1270. The number of hydrogen-bond donors (Lipinski definition) is 0. The molecule has 2 aromatic carbocycles. The molecule has 0 fully saturated rings. The van der Waals surface area contributed by atoms with Gasteiger partial charge in [0.2, 0.25) is 0 Å². The third kappa shape index (κ3) is 2.62. The standard InChI is InChI=1S/C17F10N.Ir/c18-3-1-2(7(19)13(25)8(3)20)16-12(24)6-4-5(9(21)10(6)22)11(23)14(26)15(27)17(4)28-16;/q-1;. The number of rotatable bonds is 1. The van der Waals surface area contributed by atoms with Crippen molar-refractivity contribution >= 4 is 22.6 Å². The van der Waals surface area contributed by atoms with Gasteiger partial charge in [0, 0.05) is 31.2 Å². The first-order chi connectivity index (χ1) is 13.1. The molecule has 0 saturated heterocycles. The zero-order valence-corrected chi connectivity index (χ0v) is 15.5. The molecule has 12 heteroatoms. The molecule has 0 spiro atoms. The Morgan fingerprint density at radius 3 is 1.66 bits per heavy atom. The fourth-order valence-corrected chi connectivity index (χ4v) is 2.87. The molecular weight excluding hydrogens is 600 g/mol. The van der Waals surface area contributed by atoms with Gasteiger partial charge >= 0.3 is 0 Å². The van der Waals surface area contributed by atoms with Gasteiger partial charge in [-0.2, -0.15) is 0 Å². The van der Waals surface area contributed by atoms with Crippen molar-refractivity contribution in [3.05, 3.63) is 63.7 Å². The third-order valence-corrected chi connectivity index (χ3v) is 4.10. The Morgan fingerprint density at radius 1 is 0.552 bits per heavy atom. The van der Waals surface area contributed by atoms with E-state index in [1.807, 2.05) is 0 Å². The molecule has 1 aliphatic rings. The quantitative estimate of drug-likeness (QED) is 0.147. The fourth-order valence-electron chi connectivity index (χ4n) is 2.87. The first-order valence-corrected chi connectivity index (χ1v) is 7.09. The number of nitrogens with zero attached hydrogens (tertiary/aromatic N) is 1. The van der Waals surface area contributed by atoms with Crippen LogP contribution in [0.3, 0.4) is 0 Å². The number of halogens is 10. The van der Waals surface area contributed by atoms with Crippen molar-refractivity contribution in [3.8, 4) is 11.3 Å². The molecule has 0 atom stereocenters. The molecule has 29 heavy (non-hydrogen) atoms. The molecule has 0 N–H and O–H groups in total. The molecule has 0 aliphatic heterocycles. The maximum atomic E-state index is 14.7. The topological polar surface area (TPSA) is 12.9 Å². The summed E-state index contributed by atoms with van der Waals surface area (Å²) < 4.78 is 138. The summed E-state index contributed by atoms with van der Waals surface area (Å²) in [7, 11) is 0. The van der Waals surface area contributed by atoms with E-state index in [1.54, 1.807) is 0 Å².